The smallest absolute Gasteiger partial charge is 0.255 e. The van der Waals surface area contributed by atoms with Crippen molar-refractivity contribution in [2.45, 2.75) is 38.0 Å². The quantitative estimate of drug-likeness (QED) is 0.601. The van der Waals surface area contributed by atoms with E-state index in [1.807, 2.05) is 18.2 Å². The number of imide groups is 1. The number of ether oxygens (including phenoxy) is 1. The molecule has 3 heterocycles. The van der Waals surface area contributed by atoms with Gasteiger partial charge in [-0.25, -0.2) is 0 Å². The third-order valence-electron chi connectivity index (χ3n) is 5.57. The highest BCUT2D eigenvalue weighted by molar-refractivity contribution is 6.05. The summed E-state index contributed by atoms with van der Waals surface area (Å²) in [5.74, 6) is -0.484. The fraction of sp³-hybridized carbons (Fsp3) is 0.526. The largest absolute Gasteiger partial charge is 0.379 e. The molecular weight excluding hydrogens is 348 g/mol. The van der Waals surface area contributed by atoms with Gasteiger partial charge in [-0.3, -0.25) is 19.7 Å². The van der Waals surface area contributed by atoms with E-state index in [9.17, 15) is 14.4 Å². The van der Waals surface area contributed by atoms with E-state index in [2.05, 4.69) is 10.6 Å². The Balaban J connectivity index is 1.38. The van der Waals surface area contributed by atoms with Gasteiger partial charge in [-0.05, 0) is 23.6 Å². The molecule has 0 bridgehead atoms. The maximum absolute atomic E-state index is 12.7. The molecule has 1 unspecified atom stereocenters. The third kappa shape index (κ3) is 3.60. The fourth-order valence-corrected chi connectivity index (χ4v) is 3.97. The van der Waals surface area contributed by atoms with Gasteiger partial charge in [0.05, 0.1) is 13.2 Å². The van der Waals surface area contributed by atoms with Crippen LogP contribution >= 0.6 is 0 Å². The summed E-state index contributed by atoms with van der Waals surface area (Å²) >= 11 is 0. The van der Waals surface area contributed by atoms with Crippen molar-refractivity contribution in [3.63, 3.8) is 0 Å². The summed E-state index contributed by atoms with van der Waals surface area (Å²) in [7, 11) is 0. The van der Waals surface area contributed by atoms with Crippen LogP contribution in [0, 0.1) is 5.92 Å². The molecule has 3 aliphatic heterocycles. The van der Waals surface area contributed by atoms with E-state index in [1.54, 1.807) is 4.90 Å². The molecule has 8 heteroatoms. The molecule has 0 radical (unpaired) electrons. The molecule has 3 aliphatic rings. The lowest BCUT2D eigenvalue weighted by atomic mass is 10.0. The van der Waals surface area contributed by atoms with Crippen molar-refractivity contribution < 1.29 is 19.1 Å². The highest BCUT2D eigenvalue weighted by Crippen LogP contribution is 2.28. The zero-order valence-corrected chi connectivity index (χ0v) is 15.1. The third-order valence-corrected chi connectivity index (χ3v) is 5.57. The zero-order chi connectivity index (χ0) is 19.0. The lowest BCUT2D eigenvalue weighted by molar-refractivity contribution is -0.136. The molecule has 1 aromatic rings. The molecule has 0 saturated carbocycles. The predicted octanol–water partition coefficient (Wildman–Crippen LogP) is -0.489. The fourth-order valence-electron chi connectivity index (χ4n) is 3.97. The molecule has 144 valence electrons. The molecule has 4 N–H and O–H groups in total. The normalized spacial score (nSPS) is 27.8. The van der Waals surface area contributed by atoms with E-state index in [1.165, 1.54) is 0 Å². The maximum atomic E-state index is 12.7. The molecule has 4 rings (SSSR count). The van der Waals surface area contributed by atoms with Crippen LogP contribution in [0.5, 0.6) is 0 Å². The molecule has 8 nitrogen and oxygen atoms in total. The van der Waals surface area contributed by atoms with Crippen LogP contribution in [0.15, 0.2) is 18.2 Å². The van der Waals surface area contributed by atoms with Crippen LogP contribution in [-0.2, 0) is 27.4 Å². The topological polar surface area (TPSA) is 114 Å². The molecule has 27 heavy (non-hydrogen) atoms. The highest BCUT2D eigenvalue weighted by atomic mass is 16.5. The Morgan fingerprint density at radius 3 is 2.85 bits per heavy atom. The van der Waals surface area contributed by atoms with Crippen molar-refractivity contribution in [1.29, 1.82) is 0 Å². The number of carbonyl (C=O) groups excluding carboxylic acids is 3. The van der Waals surface area contributed by atoms with Crippen molar-refractivity contribution in [3.8, 4) is 0 Å². The van der Waals surface area contributed by atoms with Crippen LogP contribution in [0.3, 0.4) is 0 Å². The van der Waals surface area contributed by atoms with Crippen LogP contribution in [0.2, 0.25) is 0 Å². The van der Waals surface area contributed by atoms with Crippen molar-refractivity contribution in [3.05, 3.63) is 34.9 Å². The Morgan fingerprint density at radius 2 is 2.11 bits per heavy atom. The summed E-state index contributed by atoms with van der Waals surface area (Å²) in [6.45, 7) is 3.18. The minimum absolute atomic E-state index is 0.0808. The molecule has 2 saturated heterocycles. The van der Waals surface area contributed by atoms with E-state index < -0.39 is 6.04 Å². The number of carbonyl (C=O) groups is 3. The minimum atomic E-state index is -0.576. The first-order chi connectivity index (χ1) is 13.0. The van der Waals surface area contributed by atoms with E-state index in [4.69, 9.17) is 10.5 Å². The number of piperidine rings is 1. The van der Waals surface area contributed by atoms with Gasteiger partial charge in [0.1, 0.15) is 6.04 Å². The summed E-state index contributed by atoms with van der Waals surface area (Å²) in [6, 6.07) is 5.27. The number of fused-ring (bicyclic) bond motifs is 1. The molecule has 3 atom stereocenters. The SMILES string of the molecule is N[C@@H]1COC[C@@H]1CNCc1ccc2c(c1)CN(C1CCC(=O)NC1=O)C2=O. The Bertz CT molecular complexity index is 781. The number of hydrogen-bond donors (Lipinski definition) is 3. The van der Waals surface area contributed by atoms with E-state index in [0.29, 0.717) is 44.2 Å². The highest BCUT2D eigenvalue weighted by Gasteiger charge is 2.39. The van der Waals surface area contributed by atoms with Gasteiger partial charge in [-0.2, -0.15) is 0 Å². The van der Waals surface area contributed by atoms with E-state index in [-0.39, 0.29) is 30.2 Å². The second-order valence-corrected chi connectivity index (χ2v) is 7.48. The Labute approximate surface area is 157 Å². The molecular formula is C19H24N4O4. The standard InChI is InChI=1S/C19H24N4O4/c20-15-10-27-9-13(15)7-21-6-11-1-2-14-12(5-11)8-23(19(14)26)16-3-4-17(24)22-18(16)25/h1-2,5,13,15-16,21H,3-4,6-10,20H2,(H,22,24,25)/t13-,15+,16?/m0/s1. The summed E-state index contributed by atoms with van der Waals surface area (Å²) in [5, 5.41) is 5.72. The molecule has 0 aliphatic carbocycles. The van der Waals surface area contributed by atoms with Gasteiger partial charge in [-0.15, -0.1) is 0 Å². The van der Waals surface area contributed by atoms with Gasteiger partial charge in [0.15, 0.2) is 0 Å². The monoisotopic (exact) mass is 372 g/mol. The van der Waals surface area contributed by atoms with Gasteiger partial charge in [-0.1, -0.05) is 12.1 Å². The van der Waals surface area contributed by atoms with Crippen molar-refractivity contribution in [2.24, 2.45) is 11.7 Å². The Morgan fingerprint density at radius 1 is 1.26 bits per heavy atom. The first kappa shape index (κ1) is 18.1. The number of hydrogen-bond acceptors (Lipinski definition) is 6. The van der Waals surface area contributed by atoms with Gasteiger partial charge in [0.25, 0.3) is 5.91 Å². The average molecular weight is 372 g/mol. The first-order valence-corrected chi connectivity index (χ1v) is 9.33. The minimum Gasteiger partial charge on any atom is -0.379 e. The van der Waals surface area contributed by atoms with Crippen LogP contribution in [0.1, 0.15) is 34.3 Å². The second-order valence-electron chi connectivity index (χ2n) is 7.48. The number of nitrogens with one attached hydrogen (secondary N) is 2. The Hall–Kier alpha value is -2.29. The van der Waals surface area contributed by atoms with Crippen LogP contribution in [-0.4, -0.2) is 54.5 Å². The van der Waals surface area contributed by atoms with Gasteiger partial charge < -0.3 is 20.7 Å². The van der Waals surface area contributed by atoms with Crippen molar-refractivity contribution >= 4 is 17.7 Å². The molecule has 2 fully saturated rings. The second kappa shape index (κ2) is 7.38. The average Bonchev–Trinajstić information content (AvgIpc) is 3.19. The van der Waals surface area contributed by atoms with Gasteiger partial charge in [0.2, 0.25) is 11.8 Å². The lowest BCUT2D eigenvalue weighted by Gasteiger charge is -2.29. The van der Waals surface area contributed by atoms with Crippen LogP contribution < -0.4 is 16.4 Å². The number of benzene rings is 1. The number of rotatable bonds is 5. The summed E-state index contributed by atoms with van der Waals surface area (Å²) in [4.78, 5) is 37.7. The predicted molar refractivity (Wildman–Crippen MR) is 96.5 cm³/mol. The van der Waals surface area contributed by atoms with Crippen LogP contribution in [0.4, 0.5) is 0 Å². The molecule has 1 aromatic carbocycles. The van der Waals surface area contributed by atoms with Gasteiger partial charge >= 0.3 is 0 Å². The number of nitrogens with two attached hydrogens (primary N) is 1. The molecule has 3 amide bonds. The van der Waals surface area contributed by atoms with E-state index in [0.717, 1.165) is 17.7 Å². The summed E-state index contributed by atoms with van der Waals surface area (Å²) in [5.41, 5.74) is 8.63. The number of amides is 3. The molecule has 0 aromatic heterocycles. The zero-order valence-electron chi connectivity index (χ0n) is 15.1. The van der Waals surface area contributed by atoms with Crippen molar-refractivity contribution in [1.82, 2.24) is 15.5 Å². The lowest BCUT2D eigenvalue weighted by Crippen LogP contribution is -2.52. The number of nitrogens with zero attached hydrogens (tertiary/aromatic N) is 1. The summed E-state index contributed by atoms with van der Waals surface area (Å²) in [6.07, 6.45) is 0.640. The van der Waals surface area contributed by atoms with E-state index >= 15 is 0 Å². The van der Waals surface area contributed by atoms with Crippen molar-refractivity contribution in [2.75, 3.05) is 19.8 Å². The Kier molecular flexibility index (Phi) is 4.94. The first-order valence-electron chi connectivity index (χ1n) is 9.33. The molecule has 0 spiro atoms. The summed E-state index contributed by atoms with van der Waals surface area (Å²) < 4.78 is 5.37. The van der Waals surface area contributed by atoms with Crippen LogP contribution in [0.25, 0.3) is 0 Å². The maximum Gasteiger partial charge on any atom is 0.255 e. The van der Waals surface area contributed by atoms with Gasteiger partial charge in [0, 0.05) is 43.6 Å².